The first-order valence-corrected chi connectivity index (χ1v) is 7.75. The molecule has 126 valence electrons. The van der Waals surface area contributed by atoms with Crippen molar-refractivity contribution in [1.29, 1.82) is 0 Å². The fourth-order valence-electron chi connectivity index (χ4n) is 2.18. The van der Waals surface area contributed by atoms with E-state index in [9.17, 15) is 5.11 Å². The van der Waals surface area contributed by atoms with Gasteiger partial charge in [-0.1, -0.05) is 23.2 Å². The largest absolute Gasteiger partial charge is 0.489 e. The number of nitrogens with zero attached hydrogens (tertiary/aromatic N) is 6. The molecule has 0 fully saturated rings. The smallest absolute Gasteiger partial charge is 0.138 e. The van der Waals surface area contributed by atoms with E-state index in [-0.39, 0.29) is 19.7 Å². The fourth-order valence-corrected chi connectivity index (χ4v) is 2.64. The number of aromatic nitrogens is 6. The molecule has 1 aromatic carbocycles. The maximum Gasteiger partial charge on any atom is 0.138 e. The summed E-state index contributed by atoms with van der Waals surface area (Å²) in [6.45, 7) is 0.296. The van der Waals surface area contributed by atoms with Crippen molar-refractivity contribution in [2.24, 2.45) is 0 Å². The Morgan fingerprint density at radius 1 is 1.04 bits per heavy atom. The Labute approximate surface area is 147 Å². The molecule has 0 radical (unpaired) electrons. The quantitative estimate of drug-likeness (QED) is 0.682. The Morgan fingerprint density at radius 2 is 1.67 bits per heavy atom. The van der Waals surface area contributed by atoms with Crippen LogP contribution in [-0.2, 0) is 13.1 Å². The van der Waals surface area contributed by atoms with Gasteiger partial charge in [0.15, 0.2) is 0 Å². The van der Waals surface area contributed by atoms with Crippen molar-refractivity contribution in [2.45, 2.75) is 18.7 Å². The first-order valence-electron chi connectivity index (χ1n) is 6.99. The number of hydrogen-bond donors (Lipinski definition) is 1. The lowest BCUT2D eigenvalue weighted by Crippen LogP contribution is -2.44. The number of benzene rings is 1. The zero-order valence-corrected chi connectivity index (χ0v) is 14.0. The van der Waals surface area contributed by atoms with Crippen molar-refractivity contribution >= 4 is 23.2 Å². The van der Waals surface area contributed by atoms with E-state index >= 15 is 0 Å². The maximum absolute atomic E-state index is 11.0. The van der Waals surface area contributed by atoms with Crippen molar-refractivity contribution in [1.82, 2.24) is 29.5 Å². The summed E-state index contributed by atoms with van der Waals surface area (Å²) in [5, 5.41) is 19.9. The predicted molar refractivity (Wildman–Crippen MR) is 87.0 cm³/mol. The predicted octanol–water partition coefficient (Wildman–Crippen LogP) is 1.69. The van der Waals surface area contributed by atoms with Gasteiger partial charge in [-0.15, -0.1) is 0 Å². The summed E-state index contributed by atoms with van der Waals surface area (Å²) >= 11 is 12.0. The minimum Gasteiger partial charge on any atom is -0.489 e. The molecule has 0 amide bonds. The van der Waals surface area contributed by atoms with Crippen LogP contribution in [0.3, 0.4) is 0 Å². The Balaban J connectivity index is 1.76. The van der Waals surface area contributed by atoms with E-state index in [4.69, 9.17) is 27.9 Å². The van der Waals surface area contributed by atoms with E-state index in [0.29, 0.717) is 15.8 Å². The molecule has 1 N–H and O–H groups in total. The molecular formula is C14H14Cl2N6O2. The third-order valence-corrected chi connectivity index (χ3v) is 3.77. The van der Waals surface area contributed by atoms with E-state index in [1.165, 1.54) is 34.7 Å². The van der Waals surface area contributed by atoms with Gasteiger partial charge in [-0.25, -0.2) is 19.3 Å². The van der Waals surface area contributed by atoms with Gasteiger partial charge >= 0.3 is 0 Å². The SMILES string of the molecule is OC(COc1ccc(Cl)cc1Cl)(Cn1cncn1)Cn1cncn1. The van der Waals surface area contributed by atoms with Gasteiger partial charge < -0.3 is 9.84 Å². The number of hydrogen-bond acceptors (Lipinski definition) is 6. The van der Waals surface area contributed by atoms with Gasteiger partial charge in [0.25, 0.3) is 0 Å². The second-order valence-corrected chi connectivity index (χ2v) is 6.12. The van der Waals surface area contributed by atoms with Crippen LogP contribution in [0.4, 0.5) is 0 Å². The van der Waals surface area contributed by atoms with E-state index in [2.05, 4.69) is 20.2 Å². The van der Waals surface area contributed by atoms with Crippen LogP contribution < -0.4 is 4.74 Å². The molecule has 0 bridgehead atoms. The van der Waals surface area contributed by atoms with Crippen molar-refractivity contribution in [2.75, 3.05) is 6.61 Å². The lowest BCUT2D eigenvalue weighted by Gasteiger charge is -2.27. The maximum atomic E-state index is 11.0. The molecular weight excluding hydrogens is 355 g/mol. The summed E-state index contributed by atoms with van der Waals surface area (Å²) in [5.41, 5.74) is -1.30. The number of ether oxygens (including phenoxy) is 1. The molecule has 2 heterocycles. The molecule has 10 heteroatoms. The molecule has 8 nitrogen and oxygen atoms in total. The molecule has 0 aliphatic carbocycles. The second kappa shape index (κ2) is 7.16. The highest BCUT2D eigenvalue weighted by Gasteiger charge is 2.31. The van der Waals surface area contributed by atoms with Crippen LogP contribution in [0.2, 0.25) is 10.0 Å². The molecule has 0 saturated carbocycles. The molecule has 0 aliphatic heterocycles. The van der Waals surface area contributed by atoms with Crippen molar-refractivity contribution in [3.63, 3.8) is 0 Å². The Morgan fingerprint density at radius 3 is 2.17 bits per heavy atom. The third-order valence-electron chi connectivity index (χ3n) is 3.24. The van der Waals surface area contributed by atoms with Gasteiger partial charge in [-0.2, -0.15) is 10.2 Å². The van der Waals surface area contributed by atoms with E-state index in [1.807, 2.05) is 0 Å². The Bertz CT molecular complexity index is 742. The molecule has 0 unspecified atom stereocenters. The molecule has 3 rings (SSSR count). The van der Waals surface area contributed by atoms with Gasteiger partial charge in [0, 0.05) is 5.02 Å². The second-order valence-electron chi connectivity index (χ2n) is 5.27. The van der Waals surface area contributed by atoms with Gasteiger partial charge in [0.2, 0.25) is 0 Å². The highest BCUT2D eigenvalue weighted by molar-refractivity contribution is 6.35. The lowest BCUT2D eigenvalue weighted by atomic mass is 10.1. The zero-order chi connectivity index (χ0) is 17.0. The first kappa shape index (κ1) is 16.7. The van der Waals surface area contributed by atoms with Crippen molar-refractivity contribution in [3.8, 4) is 5.75 Å². The molecule has 3 aromatic rings. The summed E-state index contributed by atoms with van der Waals surface area (Å²) < 4.78 is 8.73. The molecule has 24 heavy (non-hydrogen) atoms. The summed E-state index contributed by atoms with van der Waals surface area (Å²) in [6, 6.07) is 4.89. The third kappa shape index (κ3) is 4.22. The number of rotatable bonds is 7. The van der Waals surface area contributed by atoms with Crippen molar-refractivity contribution < 1.29 is 9.84 Å². The normalized spacial score (nSPS) is 11.6. The van der Waals surface area contributed by atoms with Crippen LogP contribution >= 0.6 is 23.2 Å². The standard InChI is InChI=1S/C14H14Cl2N6O2/c15-11-1-2-13(12(16)3-11)24-6-14(23,4-21-9-17-7-19-21)5-22-10-18-8-20-22/h1-3,7-10,23H,4-6H2. The number of halogens is 2. The first-order chi connectivity index (χ1) is 11.5. The van der Waals surface area contributed by atoms with E-state index in [0.717, 1.165) is 0 Å². The summed E-state index contributed by atoms with van der Waals surface area (Å²) in [5.74, 6) is 0.427. The van der Waals surface area contributed by atoms with E-state index < -0.39 is 5.60 Å². The summed E-state index contributed by atoms with van der Waals surface area (Å²) in [6.07, 6.45) is 5.82. The zero-order valence-electron chi connectivity index (χ0n) is 12.5. The van der Waals surface area contributed by atoms with Crippen molar-refractivity contribution in [3.05, 3.63) is 53.6 Å². The average Bonchev–Trinajstić information content (AvgIpc) is 3.20. The van der Waals surface area contributed by atoms with Gasteiger partial charge in [-0.3, -0.25) is 0 Å². The molecule has 0 atom stereocenters. The molecule has 0 aliphatic rings. The monoisotopic (exact) mass is 368 g/mol. The fraction of sp³-hybridized carbons (Fsp3) is 0.286. The highest BCUT2D eigenvalue weighted by atomic mass is 35.5. The van der Waals surface area contributed by atoms with Crippen LogP contribution in [0.5, 0.6) is 5.75 Å². The molecule has 0 saturated heterocycles. The van der Waals surface area contributed by atoms with Gasteiger partial charge in [-0.05, 0) is 18.2 Å². The van der Waals surface area contributed by atoms with Crippen LogP contribution in [0.15, 0.2) is 43.5 Å². The Kier molecular flexibility index (Phi) is 4.98. The van der Waals surface area contributed by atoms with Crippen LogP contribution in [0, 0.1) is 0 Å². The van der Waals surface area contributed by atoms with Crippen LogP contribution in [-0.4, -0.2) is 46.8 Å². The van der Waals surface area contributed by atoms with Gasteiger partial charge in [0.05, 0.1) is 18.1 Å². The highest BCUT2D eigenvalue weighted by Crippen LogP contribution is 2.28. The lowest BCUT2D eigenvalue weighted by molar-refractivity contribution is -0.0378. The summed E-state index contributed by atoms with van der Waals surface area (Å²) in [7, 11) is 0. The Hall–Kier alpha value is -2.16. The van der Waals surface area contributed by atoms with Crippen LogP contribution in [0.25, 0.3) is 0 Å². The van der Waals surface area contributed by atoms with Gasteiger partial charge in [0.1, 0.15) is 43.3 Å². The number of aliphatic hydroxyl groups is 1. The van der Waals surface area contributed by atoms with Crippen LogP contribution in [0.1, 0.15) is 0 Å². The minimum absolute atomic E-state index is 0.0337. The van der Waals surface area contributed by atoms with E-state index in [1.54, 1.807) is 18.2 Å². The average molecular weight is 369 g/mol. The summed E-state index contributed by atoms with van der Waals surface area (Å²) in [4.78, 5) is 7.75. The molecule has 0 spiro atoms. The minimum atomic E-state index is -1.30. The topological polar surface area (TPSA) is 90.9 Å². The molecule has 2 aromatic heterocycles.